The summed E-state index contributed by atoms with van der Waals surface area (Å²) in [5.74, 6) is -0.936. The lowest BCUT2D eigenvalue weighted by molar-refractivity contribution is 0.112. The highest BCUT2D eigenvalue weighted by Crippen LogP contribution is 2.18. The zero-order valence-corrected chi connectivity index (χ0v) is 8.36. The van der Waals surface area contributed by atoms with Crippen LogP contribution in [0.15, 0.2) is 18.2 Å². The summed E-state index contributed by atoms with van der Waals surface area (Å²) in [5, 5.41) is 0. The molecule has 4 nitrogen and oxygen atoms in total. The van der Waals surface area contributed by atoms with E-state index in [0.717, 1.165) is 6.07 Å². The summed E-state index contributed by atoms with van der Waals surface area (Å²) >= 11 is 0. The Kier molecular flexibility index (Phi) is 3.38. The Morgan fingerprint density at radius 2 is 2.13 bits per heavy atom. The molecule has 0 saturated carbocycles. The monoisotopic (exact) mass is 211 g/mol. The van der Waals surface area contributed by atoms with Gasteiger partial charge in [-0.25, -0.2) is 9.18 Å². The molecule has 0 spiro atoms. The Bertz CT molecular complexity index is 390. The first kappa shape index (κ1) is 11.2. The summed E-state index contributed by atoms with van der Waals surface area (Å²) < 4.78 is 17.9. The standard InChI is InChI=1S/C10H10FNO3/c1-12(2)10(14)15-9-4-3-7(6-13)5-8(9)11/h3-6H,1-2H3. The van der Waals surface area contributed by atoms with Gasteiger partial charge in [0.05, 0.1) is 0 Å². The molecule has 15 heavy (non-hydrogen) atoms. The van der Waals surface area contributed by atoms with E-state index in [1.165, 1.54) is 31.1 Å². The molecule has 0 aliphatic heterocycles. The third-order valence-electron chi connectivity index (χ3n) is 1.65. The SMILES string of the molecule is CN(C)C(=O)Oc1ccc(C=O)cc1F. The molecule has 5 heteroatoms. The largest absolute Gasteiger partial charge is 0.414 e. The lowest BCUT2D eigenvalue weighted by Crippen LogP contribution is -2.25. The van der Waals surface area contributed by atoms with Crippen molar-refractivity contribution in [3.05, 3.63) is 29.6 Å². The predicted octanol–water partition coefficient (Wildman–Crippen LogP) is 1.70. The van der Waals surface area contributed by atoms with E-state index in [9.17, 15) is 14.0 Å². The molecule has 80 valence electrons. The van der Waals surface area contributed by atoms with E-state index in [2.05, 4.69) is 0 Å². The number of nitrogens with zero attached hydrogens (tertiary/aromatic N) is 1. The average molecular weight is 211 g/mol. The Morgan fingerprint density at radius 1 is 1.47 bits per heavy atom. The second-order valence-electron chi connectivity index (χ2n) is 3.07. The minimum Gasteiger partial charge on any atom is -0.407 e. The molecular weight excluding hydrogens is 201 g/mol. The lowest BCUT2D eigenvalue weighted by atomic mass is 10.2. The van der Waals surface area contributed by atoms with Crippen LogP contribution < -0.4 is 4.74 Å². The van der Waals surface area contributed by atoms with Crippen LogP contribution in [0.25, 0.3) is 0 Å². The molecule has 0 radical (unpaired) electrons. The quantitative estimate of drug-likeness (QED) is 0.699. The molecule has 0 saturated heterocycles. The predicted molar refractivity (Wildman–Crippen MR) is 51.5 cm³/mol. The third-order valence-corrected chi connectivity index (χ3v) is 1.65. The van der Waals surface area contributed by atoms with Crippen LogP contribution in [0.4, 0.5) is 9.18 Å². The maximum absolute atomic E-state index is 13.2. The van der Waals surface area contributed by atoms with Gasteiger partial charge in [0.15, 0.2) is 11.6 Å². The summed E-state index contributed by atoms with van der Waals surface area (Å²) in [4.78, 5) is 22.6. The highest BCUT2D eigenvalue weighted by molar-refractivity contribution is 5.75. The van der Waals surface area contributed by atoms with Crippen molar-refractivity contribution in [2.45, 2.75) is 0 Å². The Hall–Kier alpha value is -1.91. The third kappa shape index (κ3) is 2.77. The van der Waals surface area contributed by atoms with Crippen LogP contribution in [0.3, 0.4) is 0 Å². The van der Waals surface area contributed by atoms with Crippen LogP contribution in [-0.2, 0) is 0 Å². The van der Waals surface area contributed by atoms with Gasteiger partial charge in [0.1, 0.15) is 6.29 Å². The zero-order valence-electron chi connectivity index (χ0n) is 8.36. The first-order valence-corrected chi connectivity index (χ1v) is 4.18. The molecule has 0 aromatic heterocycles. The zero-order chi connectivity index (χ0) is 11.4. The van der Waals surface area contributed by atoms with Gasteiger partial charge in [0, 0.05) is 19.7 Å². The number of hydrogen-bond donors (Lipinski definition) is 0. The van der Waals surface area contributed by atoms with E-state index in [-0.39, 0.29) is 11.3 Å². The summed E-state index contributed by atoms with van der Waals surface area (Å²) in [6, 6.07) is 3.61. The van der Waals surface area contributed by atoms with Gasteiger partial charge in [-0.3, -0.25) is 4.79 Å². The van der Waals surface area contributed by atoms with Crippen molar-refractivity contribution in [3.8, 4) is 5.75 Å². The van der Waals surface area contributed by atoms with Crippen molar-refractivity contribution in [3.63, 3.8) is 0 Å². The Labute approximate surface area is 86.3 Å². The van der Waals surface area contributed by atoms with E-state index in [1.54, 1.807) is 0 Å². The lowest BCUT2D eigenvalue weighted by Gasteiger charge is -2.10. The topological polar surface area (TPSA) is 46.6 Å². The number of carbonyl (C=O) groups is 2. The molecule has 1 aromatic carbocycles. The fourth-order valence-corrected chi connectivity index (χ4v) is 0.859. The summed E-state index contributed by atoms with van der Waals surface area (Å²) in [7, 11) is 2.97. The molecule has 0 N–H and O–H groups in total. The molecule has 0 heterocycles. The molecule has 0 aliphatic carbocycles. The fourth-order valence-electron chi connectivity index (χ4n) is 0.859. The van der Waals surface area contributed by atoms with Crippen molar-refractivity contribution >= 4 is 12.4 Å². The smallest absolute Gasteiger partial charge is 0.407 e. The number of amides is 1. The first-order valence-electron chi connectivity index (χ1n) is 4.18. The molecule has 0 fully saturated rings. The van der Waals surface area contributed by atoms with Crippen LogP contribution in [0, 0.1) is 5.82 Å². The molecule has 1 rings (SSSR count). The van der Waals surface area contributed by atoms with Crippen LogP contribution in [0.1, 0.15) is 10.4 Å². The second kappa shape index (κ2) is 4.54. The van der Waals surface area contributed by atoms with Gasteiger partial charge >= 0.3 is 6.09 Å². The number of hydrogen-bond acceptors (Lipinski definition) is 3. The number of halogens is 1. The van der Waals surface area contributed by atoms with Gasteiger partial charge in [0.25, 0.3) is 0 Å². The van der Waals surface area contributed by atoms with Crippen LogP contribution >= 0.6 is 0 Å². The number of rotatable bonds is 2. The molecule has 1 amide bonds. The minimum absolute atomic E-state index is 0.192. The maximum Gasteiger partial charge on any atom is 0.414 e. The molecule has 1 aromatic rings. The Balaban J connectivity index is 2.87. The van der Waals surface area contributed by atoms with Crippen molar-refractivity contribution in [1.29, 1.82) is 0 Å². The molecular formula is C10H10FNO3. The Morgan fingerprint density at radius 3 is 2.60 bits per heavy atom. The second-order valence-corrected chi connectivity index (χ2v) is 3.07. The summed E-state index contributed by atoms with van der Waals surface area (Å²) in [5.41, 5.74) is 0.192. The van der Waals surface area contributed by atoms with Crippen molar-refractivity contribution < 1.29 is 18.7 Å². The van der Waals surface area contributed by atoms with Crippen LogP contribution in [0.2, 0.25) is 0 Å². The van der Waals surface area contributed by atoms with Gasteiger partial charge in [-0.15, -0.1) is 0 Å². The molecule has 0 aliphatic rings. The van der Waals surface area contributed by atoms with E-state index < -0.39 is 11.9 Å². The number of aldehydes is 1. The van der Waals surface area contributed by atoms with Gasteiger partial charge in [-0.05, 0) is 18.2 Å². The van der Waals surface area contributed by atoms with Gasteiger partial charge in [0.2, 0.25) is 0 Å². The molecule has 0 bridgehead atoms. The first-order chi connectivity index (χ1) is 7.04. The van der Waals surface area contributed by atoms with E-state index in [4.69, 9.17) is 4.74 Å². The van der Waals surface area contributed by atoms with E-state index in [0.29, 0.717) is 6.29 Å². The van der Waals surface area contributed by atoms with E-state index in [1.807, 2.05) is 0 Å². The molecule has 0 atom stereocenters. The average Bonchev–Trinajstić information content (AvgIpc) is 2.20. The summed E-state index contributed by atoms with van der Waals surface area (Å²) in [6.07, 6.45) is -0.159. The minimum atomic E-state index is -0.741. The van der Waals surface area contributed by atoms with Crippen molar-refractivity contribution in [2.24, 2.45) is 0 Å². The van der Waals surface area contributed by atoms with Crippen molar-refractivity contribution in [1.82, 2.24) is 4.90 Å². The van der Waals surface area contributed by atoms with Gasteiger partial charge in [-0.2, -0.15) is 0 Å². The fraction of sp³-hybridized carbons (Fsp3) is 0.200. The molecule has 0 unspecified atom stereocenters. The number of carbonyl (C=O) groups excluding carboxylic acids is 2. The van der Waals surface area contributed by atoms with E-state index >= 15 is 0 Å². The highest BCUT2D eigenvalue weighted by Gasteiger charge is 2.11. The number of benzene rings is 1. The van der Waals surface area contributed by atoms with Crippen LogP contribution in [0.5, 0.6) is 5.75 Å². The number of ether oxygens (including phenoxy) is 1. The summed E-state index contributed by atoms with van der Waals surface area (Å²) in [6.45, 7) is 0. The van der Waals surface area contributed by atoms with Gasteiger partial charge in [-0.1, -0.05) is 0 Å². The normalized spacial score (nSPS) is 9.53. The van der Waals surface area contributed by atoms with Crippen molar-refractivity contribution in [2.75, 3.05) is 14.1 Å². The maximum atomic E-state index is 13.2. The highest BCUT2D eigenvalue weighted by atomic mass is 19.1. The van der Waals surface area contributed by atoms with Crippen LogP contribution in [-0.4, -0.2) is 31.4 Å². The van der Waals surface area contributed by atoms with Gasteiger partial charge < -0.3 is 9.64 Å².